The van der Waals surface area contributed by atoms with E-state index in [1.807, 2.05) is 0 Å². The predicted octanol–water partition coefficient (Wildman–Crippen LogP) is 0.742. The van der Waals surface area contributed by atoms with Gasteiger partial charge >= 0.3 is 18.0 Å². The maximum atomic E-state index is 11.7. The fourth-order valence-corrected chi connectivity index (χ4v) is 1.64. The van der Waals surface area contributed by atoms with Crippen molar-refractivity contribution in [2.45, 2.75) is 6.42 Å². The number of methoxy groups -OCH3 is 1. The second kappa shape index (κ2) is 7.88. The molecule has 0 bridgehead atoms. The van der Waals surface area contributed by atoms with Crippen LogP contribution in [0.15, 0.2) is 24.3 Å². The van der Waals surface area contributed by atoms with Crippen molar-refractivity contribution >= 4 is 18.0 Å². The van der Waals surface area contributed by atoms with Gasteiger partial charge in [0, 0.05) is 13.6 Å². The molecule has 0 atom stereocenters. The topological polar surface area (TPSA) is 95.9 Å². The van der Waals surface area contributed by atoms with Gasteiger partial charge in [-0.05, 0) is 24.1 Å². The number of carboxylic acid groups (broad SMARTS) is 1. The lowest BCUT2D eigenvalue weighted by Crippen LogP contribution is -2.41. The van der Waals surface area contributed by atoms with E-state index in [-0.39, 0.29) is 12.1 Å². The number of ether oxygens (including phenoxy) is 1. The van der Waals surface area contributed by atoms with Crippen LogP contribution in [0.4, 0.5) is 4.79 Å². The number of amides is 2. The number of urea groups is 1. The van der Waals surface area contributed by atoms with Crippen molar-refractivity contribution in [1.82, 2.24) is 10.2 Å². The monoisotopic (exact) mass is 294 g/mol. The number of carboxylic acids is 1. The molecule has 0 saturated heterocycles. The van der Waals surface area contributed by atoms with Gasteiger partial charge in [-0.3, -0.25) is 4.79 Å². The molecule has 0 heterocycles. The molecule has 21 heavy (non-hydrogen) atoms. The molecule has 7 heteroatoms. The molecule has 0 unspecified atom stereocenters. The zero-order valence-corrected chi connectivity index (χ0v) is 12.0. The summed E-state index contributed by atoms with van der Waals surface area (Å²) in [5.41, 5.74) is 1.02. The summed E-state index contributed by atoms with van der Waals surface area (Å²) in [5, 5.41) is 11.5. The smallest absolute Gasteiger partial charge is 0.335 e. The van der Waals surface area contributed by atoms with E-state index in [0.717, 1.165) is 5.56 Å². The second-order valence-corrected chi connectivity index (χ2v) is 4.42. The van der Waals surface area contributed by atoms with E-state index in [4.69, 9.17) is 5.11 Å². The number of esters is 1. The number of aromatic carboxylic acids is 1. The molecule has 0 aliphatic heterocycles. The fourth-order valence-electron chi connectivity index (χ4n) is 1.64. The van der Waals surface area contributed by atoms with Crippen LogP contribution in [0.3, 0.4) is 0 Å². The fraction of sp³-hybridized carbons (Fsp3) is 0.357. The first-order valence-corrected chi connectivity index (χ1v) is 6.32. The first-order valence-electron chi connectivity index (χ1n) is 6.32. The molecule has 1 aromatic rings. The Hall–Kier alpha value is -2.57. The van der Waals surface area contributed by atoms with Crippen LogP contribution in [0, 0.1) is 0 Å². The quantitative estimate of drug-likeness (QED) is 0.754. The third kappa shape index (κ3) is 5.52. The molecular formula is C14H18N2O5. The summed E-state index contributed by atoms with van der Waals surface area (Å²) in [6.07, 6.45) is 0.499. The molecule has 1 rings (SSSR count). The van der Waals surface area contributed by atoms with E-state index >= 15 is 0 Å². The predicted molar refractivity (Wildman–Crippen MR) is 75.2 cm³/mol. The highest BCUT2D eigenvalue weighted by molar-refractivity contribution is 5.87. The largest absolute Gasteiger partial charge is 0.478 e. The molecule has 0 aliphatic rings. The van der Waals surface area contributed by atoms with Gasteiger partial charge in [0.25, 0.3) is 0 Å². The molecule has 2 N–H and O–H groups in total. The van der Waals surface area contributed by atoms with Crippen LogP contribution in [0.25, 0.3) is 0 Å². The van der Waals surface area contributed by atoms with E-state index in [1.54, 1.807) is 18.2 Å². The summed E-state index contributed by atoms with van der Waals surface area (Å²) < 4.78 is 4.46. The molecule has 1 aromatic carbocycles. The summed E-state index contributed by atoms with van der Waals surface area (Å²) in [6, 6.07) is 6.12. The van der Waals surface area contributed by atoms with E-state index in [0.29, 0.717) is 13.0 Å². The van der Waals surface area contributed by atoms with Crippen LogP contribution < -0.4 is 5.32 Å². The first kappa shape index (κ1) is 16.5. The van der Waals surface area contributed by atoms with Crippen molar-refractivity contribution in [3.63, 3.8) is 0 Å². The minimum absolute atomic E-state index is 0.128. The molecule has 0 fully saturated rings. The Morgan fingerprint density at radius 1 is 1.33 bits per heavy atom. The molecule has 0 aliphatic carbocycles. The van der Waals surface area contributed by atoms with Gasteiger partial charge in [-0.2, -0.15) is 0 Å². The van der Waals surface area contributed by atoms with Crippen molar-refractivity contribution in [3.8, 4) is 0 Å². The van der Waals surface area contributed by atoms with Gasteiger partial charge in [-0.1, -0.05) is 12.1 Å². The van der Waals surface area contributed by atoms with Gasteiger partial charge in [0.1, 0.15) is 6.54 Å². The lowest BCUT2D eigenvalue weighted by molar-refractivity contribution is -0.141. The summed E-state index contributed by atoms with van der Waals surface area (Å²) in [4.78, 5) is 34.7. The minimum atomic E-state index is -0.987. The molecule has 2 amide bonds. The number of hydrogen-bond donors (Lipinski definition) is 2. The number of benzene rings is 1. The van der Waals surface area contributed by atoms with Crippen LogP contribution in [-0.4, -0.2) is 55.2 Å². The van der Waals surface area contributed by atoms with Gasteiger partial charge in [0.05, 0.1) is 12.7 Å². The average Bonchev–Trinajstić information content (AvgIpc) is 2.47. The highest BCUT2D eigenvalue weighted by atomic mass is 16.5. The van der Waals surface area contributed by atoms with Gasteiger partial charge in [0.2, 0.25) is 0 Å². The number of likely N-dealkylation sites (N-methyl/N-ethyl adjacent to an activating group) is 1. The minimum Gasteiger partial charge on any atom is -0.478 e. The molecule has 114 valence electrons. The highest BCUT2D eigenvalue weighted by Crippen LogP contribution is 2.05. The molecule has 0 radical (unpaired) electrons. The molecule has 0 saturated carbocycles. The third-order valence-corrected chi connectivity index (χ3v) is 2.80. The van der Waals surface area contributed by atoms with Crippen LogP contribution in [-0.2, 0) is 16.0 Å². The van der Waals surface area contributed by atoms with Crippen LogP contribution in [0.1, 0.15) is 15.9 Å². The van der Waals surface area contributed by atoms with Gasteiger partial charge in [-0.15, -0.1) is 0 Å². The maximum absolute atomic E-state index is 11.7. The average molecular weight is 294 g/mol. The van der Waals surface area contributed by atoms with Crippen molar-refractivity contribution in [2.24, 2.45) is 0 Å². The number of carbonyl (C=O) groups is 3. The Morgan fingerprint density at radius 3 is 2.67 bits per heavy atom. The van der Waals surface area contributed by atoms with E-state index in [9.17, 15) is 14.4 Å². The molecule has 0 spiro atoms. The van der Waals surface area contributed by atoms with Crippen molar-refractivity contribution in [1.29, 1.82) is 0 Å². The molecular weight excluding hydrogens is 276 g/mol. The lowest BCUT2D eigenvalue weighted by atomic mass is 10.1. The van der Waals surface area contributed by atoms with Crippen molar-refractivity contribution < 1.29 is 24.2 Å². The Kier molecular flexibility index (Phi) is 6.19. The summed E-state index contributed by atoms with van der Waals surface area (Å²) >= 11 is 0. The maximum Gasteiger partial charge on any atom is 0.335 e. The number of carbonyl (C=O) groups excluding carboxylic acids is 2. The lowest BCUT2D eigenvalue weighted by Gasteiger charge is -2.16. The Bertz CT molecular complexity index is 530. The molecule has 7 nitrogen and oxygen atoms in total. The van der Waals surface area contributed by atoms with Crippen molar-refractivity contribution in [2.75, 3.05) is 27.2 Å². The number of rotatable bonds is 6. The van der Waals surface area contributed by atoms with Crippen LogP contribution in [0.5, 0.6) is 0 Å². The highest BCUT2D eigenvalue weighted by Gasteiger charge is 2.12. The van der Waals surface area contributed by atoms with Crippen molar-refractivity contribution in [3.05, 3.63) is 35.4 Å². The summed E-state index contributed by atoms with van der Waals surface area (Å²) in [6.45, 7) is 0.213. The Balaban J connectivity index is 2.42. The first-order chi connectivity index (χ1) is 9.93. The zero-order chi connectivity index (χ0) is 15.8. The van der Waals surface area contributed by atoms with Gasteiger partial charge in [-0.25, -0.2) is 9.59 Å². The number of nitrogens with one attached hydrogen (secondary N) is 1. The summed E-state index contributed by atoms with van der Waals surface area (Å²) in [7, 11) is 2.74. The normalized spacial score (nSPS) is 9.81. The van der Waals surface area contributed by atoms with Crippen LogP contribution >= 0.6 is 0 Å². The Morgan fingerprint density at radius 2 is 2.05 bits per heavy atom. The summed E-state index contributed by atoms with van der Waals surface area (Å²) in [5.74, 6) is -1.49. The van der Waals surface area contributed by atoms with E-state index in [2.05, 4.69) is 10.1 Å². The third-order valence-electron chi connectivity index (χ3n) is 2.80. The zero-order valence-electron chi connectivity index (χ0n) is 12.0. The van der Waals surface area contributed by atoms with E-state index < -0.39 is 18.0 Å². The Labute approximate surface area is 122 Å². The number of nitrogens with zero attached hydrogens (tertiary/aromatic N) is 1. The van der Waals surface area contributed by atoms with E-state index in [1.165, 1.54) is 25.1 Å². The van der Waals surface area contributed by atoms with Gasteiger partial charge in [0.15, 0.2) is 0 Å². The SMILES string of the molecule is COC(=O)CN(C)C(=O)NCCc1cccc(C(=O)O)c1. The standard InChI is InChI=1S/C14H18N2O5/c1-16(9-12(17)21-2)14(20)15-7-6-10-4-3-5-11(8-10)13(18)19/h3-5,8H,6-7,9H2,1-2H3,(H,15,20)(H,18,19). The van der Waals surface area contributed by atoms with Gasteiger partial charge < -0.3 is 20.1 Å². The van der Waals surface area contributed by atoms with Crippen LogP contribution in [0.2, 0.25) is 0 Å². The molecule has 0 aromatic heterocycles. The second-order valence-electron chi connectivity index (χ2n) is 4.42. The number of hydrogen-bond acceptors (Lipinski definition) is 4.